The maximum absolute atomic E-state index is 6.34. The minimum absolute atomic E-state index is 0.643. The number of nitrogens with zero attached hydrogens (tertiary/aromatic N) is 3. The lowest BCUT2D eigenvalue weighted by atomic mass is 9.92. The maximum Gasteiger partial charge on any atom is 0.164 e. The fraction of sp³-hybridized carbons (Fsp3) is 0. The van der Waals surface area contributed by atoms with E-state index in [-0.39, 0.29) is 0 Å². The molecule has 0 bridgehead atoms. The average molecular weight is 632 g/mol. The minimum Gasteiger partial charge on any atom is -0.456 e. The van der Waals surface area contributed by atoms with Gasteiger partial charge in [-0.1, -0.05) is 121 Å². The standard InChI is InChI=1S/C43H25N3OS/c1-2-9-28(10-3-1)41-44-42(46-43(45-41)33-15-8-18-38-40(33)32-13-4-5-17-37(32)48-38)29-21-19-26(20-22-29)30-23-24-35-34(25-30)31-14-6-11-27-12-7-16-36(47-35)39(27)31/h1-25H. The van der Waals surface area contributed by atoms with Crippen LogP contribution in [0.3, 0.4) is 0 Å². The largest absolute Gasteiger partial charge is 0.456 e. The third-order valence-corrected chi connectivity index (χ3v) is 10.3. The maximum atomic E-state index is 6.34. The zero-order valence-corrected chi connectivity index (χ0v) is 26.4. The van der Waals surface area contributed by atoms with Gasteiger partial charge in [0, 0.05) is 47.8 Å². The molecule has 1 aliphatic heterocycles. The van der Waals surface area contributed by atoms with Crippen molar-refractivity contribution in [1.29, 1.82) is 0 Å². The number of hydrogen-bond donors (Lipinski definition) is 0. The fourth-order valence-corrected chi connectivity index (χ4v) is 7.99. The number of thiophene rings is 1. The molecule has 0 aliphatic carbocycles. The monoisotopic (exact) mass is 631 g/mol. The molecule has 10 rings (SSSR count). The lowest BCUT2D eigenvalue weighted by Crippen LogP contribution is -2.00. The zero-order valence-electron chi connectivity index (χ0n) is 25.6. The van der Waals surface area contributed by atoms with Gasteiger partial charge in [0.1, 0.15) is 11.5 Å². The molecule has 0 fully saturated rings. The van der Waals surface area contributed by atoms with Crippen molar-refractivity contribution in [3.8, 4) is 67.9 Å². The quantitative estimate of drug-likeness (QED) is 0.194. The molecule has 3 heterocycles. The van der Waals surface area contributed by atoms with E-state index < -0.39 is 0 Å². The van der Waals surface area contributed by atoms with Gasteiger partial charge >= 0.3 is 0 Å². The predicted molar refractivity (Wildman–Crippen MR) is 197 cm³/mol. The van der Waals surface area contributed by atoms with Crippen LogP contribution < -0.4 is 4.74 Å². The molecule has 5 heteroatoms. The number of ether oxygens (including phenoxy) is 1. The molecule has 0 saturated carbocycles. The minimum atomic E-state index is 0.643. The van der Waals surface area contributed by atoms with Crippen LogP contribution in [0.1, 0.15) is 0 Å². The van der Waals surface area contributed by atoms with E-state index in [0.29, 0.717) is 17.5 Å². The van der Waals surface area contributed by atoms with Gasteiger partial charge in [0.05, 0.1) is 0 Å². The Morgan fingerprint density at radius 1 is 0.396 bits per heavy atom. The lowest BCUT2D eigenvalue weighted by Gasteiger charge is -2.22. The van der Waals surface area contributed by atoms with Crippen LogP contribution in [-0.4, -0.2) is 15.0 Å². The molecule has 0 radical (unpaired) electrons. The summed E-state index contributed by atoms with van der Waals surface area (Å²) in [7, 11) is 0. The summed E-state index contributed by atoms with van der Waals surface area (Å²) < 4.78 is 8.81. The second kappa shape index (κ2) is 10.7. The topological polar surface area (TPSA) is 47.9 Å². The molecule has 0 amide bonds. The Bertz CT molecular complexity index is 2690. The summed E-state index contributed by atoms with van der Waals surface area (Å²) in [6, 6.07) is 52.7. The fourth-order valence-electron chi connectivity index (χ4n) is 6.86. The lowest BCUT2D eigenvalue weighted by molar-refractivity contribution is 0.487. The molecule has 2 aromatic heterocycles. The summed E-state index contributed by atoms with van der Waals surface area (Å²) in [5, 5.41) is 4.74. The highest BCUT2D eigenvalue weighted by molar-refractivity contribution is 7.25. The molecule has 4 nitrogen and oxygen atoms in total. The van der Waals surface area contributed by atoms with Crippen LogP contribution in [0.15, 0.2) is 152 Å². The van der Waals surface area contributed by atoms with E-state index in [0.717, 1.165) is 50.3 Å². The van der Waals surface area contributed by atoms with Gasteiger partial charge in [0.15, 0.2) is 17.5 Å². The number of aromatic nitrogens is 3. The van der Waals surface area contributed by atoms with Gasteiger partial charge in [-0.15, -0.1) is 11.3 Å². The van der Waals surface area contributed by atoms with Gasteiger partial charge in [0.25, 0.3) is 0 Å². The van der Waals surface area contributed by atoms with Crippen molar-refractivity contribution in [2.75, 3.05) is 0 Å². The van der Waals surface area contributed by atoms with Gasteiger partial charge in [-0.2, -0.15) is 0 Å². The van der Waals surface area contributed by atoms with E-state index in [4.69, 9.17) is 19.7 Å². The molecule has 0 spiro atoms. The first kappa shape index (κ1) is 27.0. The van der Waals surface area contributed by atoms with Crippen LogP contribution in [0, 0.1) is 0 Å². The normalized spacial score (nSPS) is 11.9. The van der Waals surface area contributed by atoms with E-state index >= 15 is 0 Å². The summed E-state index contributed by atoms with van der Waals surface area (Å²) in [5.74, 6) is 3.74. The third-order valence-electron chi connectivity index (χ3n) is 9.14. The molecule has 224 valence electrons. The van der Waals surface area contributed by atoms with Gasteiger partial charge < -0.3 is 4.74 Å². The van der Waals surface area contributed by atoms with Crippen LogP contribution in [-0.2, 0) is 0 Å². The van der Waals surface area contributed by atoms with Crippen LogP contribution in [0.25, 0.3) is 87.4 Å². The second-order valence-electron chi connectivity index (χ2n) is 12.0. The van der Waals surface area contributed by atoms with E-state index in [1.807, 2.05) is 42.5 Å². The summed E-state index contributed by atoms with van der Waals surface area (Å²) in [5.41, 5.74) is 7.43. The SMILES string of the molecule is c1ccc(-c2nc(-c3ccc(-c4ccc5c(c4)-c4cccc6cccc(c46)O5)cc3)nc(-c3cccc4sc5ccccc5c34)n2)cc1. The van der Waals surface area contributed by atoms with Crippen molar-refractivity contribution in [2.45, 2.75) is 0 Å². The molecule has 0 unspecified atom stereocenters. The highest BCUT2D eigenvalue weighted by Gasteiger charge is 2.21. The molecule has 0 saturated heterocycles. The van der Waals surface area contributed by atoms with Crippen LogP contribution >= 0.6 is 11.3 Å². The molecule has 0 atom stereocenters. The highest BCUT2D eigenvalue weighted by atomic mass is 32.1. The summed E-state index contributed by atoms with van der Waals surface area (Å²) in [4.78, 5) is 15.1. The van der Waals surface area contributed by atoms with Crippen LogP contribution in [0.4, 0.5) is 0 Å². The summed E-state index contributed by atoms with van der Waals surface area (Å²) in [6.07, 6.45) is 0. The molecule has 48 heavy (non-hydrogen) atoms. The van der Waals surface area contributed by atoms with Crippen LogP contribution in [0.2, 0.25) is 0 Å². The van der Waals surface area contributed by atoms with Gasteiger partial charge in [-0.3, -0.25) is 0 Å². The van der Waals surface area contributed by atoms with E-state index in [1.54, 1.807) is 11.3 Å². The Morgan fingerprint density at radius 2 is 1.04 bits per heavy atom. The Morgan fingerprint density at radius 3 is 1.90 bits per heavy atom. The number of fused-ring (bicyclic) bond motifs is 5. The summed E-state index contributed by atoms with van der Waals surface area (Å²) >= 11 is 1.80. The van der Waals surface area contributed by atoms with E-state index in [1.165, 1.54) is 31.1 Å². The van der Waals surface area contributed by atoms with E-state index in [2.05, 4.69) is 109 Å². The Labute approximate surface area is 280 Å². The van der Waals surface area contributed by atoms with Gasteiger partial charge in [0.2, 0.25) is 0 Å². The molecule has 9 aromatic rings. The summed E-state index contributed by atoms with van der Waals surface area (Å²) in [6.45, 7) is 0. The molecule has 1 aliphatic rings. The zero-order chi connectivity index (χ0) is 31.6. The number of rotatable bonds is 4. The average Bonchev–Trinajstić information content (AvgIpc) is 3.54. The van der Waals surface area contributed by atoms with Crippen LogP contribution in [0.5, 0.6) is 11.5 Å². The smallest absolute Gasteiger partial charge is 0.164 e. The third kappa shape index (κ3) is 4.33. The van der Waals surface area contributed by atoms with Crippen molar-refractivity contribution >= 4 is 42.3 Å². The van der Waals surface area contributed by atoms with Crippen molar-refractivity contribution in [3.63, 3.8) is 0 Å². The van der Waals surface area contributed by atoms with Crippen molar-refractivity contribution in [2.24, 2.45) is 0 Å². The molecule has 0 N–H and O–H groups in total. The van der Waals surface area contributed by atoms with Crippen molar-refractivity contribution in [3.05, 3.63) is 152 Å². The van der Waals surface area contributed by atoms with Crippen molar-refractivity contribution < 1.29 is 4.74 Å². The first-order chi connectivity index (χ1) is 23.8. The molecule has 7 aromatic carbocycles. The van der Waals surface area contributed by atoms with Crippen molar-refractivity contribution in [1.82, 2.24) is 15.0 Å². The predicted octanol–water partition coefficient (Wildman–Crippen LogP) is 11.8. The number of benzene rings is 7. The highest BCUT2D eigenvalue weighted by Crippen LogP contribution is 2.47. The molecular formula is C43H25N3OS. The molecular weight excluding hydrogens is 607 g/mol. The second-order valence-corrected chi connectivity index (χ2v) is 13.1. The number of hydrogen-bond acceptors (Lipinski definition) is 5. The Balaban J connectivity index is 1.08. The van der Waals surface area contributed by atoms with Gasteiger partial charge in [-0.25, -0.2) is 15.0 Å². The first-order valence-electron chi connectivity index (χ1n) is 15.9. The van der Waals surface area contributed by atoms with E-state index in [9.17, 15) is 0 Å². The first-order valence-corrected chi connectivity index (χ1v) is 16.8. The van der Waals surface area contributed by atoms with Gasteiger partial charge in [-0.05, 0) is 52.4 Å². The Hall–Kier alpha value is -6.17. The Kier molecular flexibility index (Phi) is 6.01.